The predicted molar refractivity (Wildman–Crippen MR) is 40.5 cm³/mol. The molecule has 0 radical (unpaired) electrons. The summed E-state index contributed by atoms with van der Waals surface area (Å²) in [4.78, 5) is 12.3. The van der Waals surface area contributed by atoms with Gasteiger partial charge in [-0.3, -0.25) is 4.79 Å². The van der Waals surface area contributed by atoms with E-state index >= 15 is 0 Å². The molecule has 0 spiro atoms. The number of hydrogen-bond donors (Lipinski definition) is 1. The highest BCUT2D eigenvalue weighted by molar-refractivity contribution is 8.77. The van der Waals surface area contributed by atoms with Crippen molar-refractivity contribution in [3.05, 3.63) is 0 Å². The molecule has 5 heteroatoms. The Kier molecular flexibility index (Phi) is 2.26. The first-order valence-corrected chi connectivity index (χ1v) is 4.91. The van der Waals surface area contributed by atoms with Gasteiger partial charge >= 0.3 is 0 Å². The second-order valence-corrected chi connectivity index (χ2v) is 4.18. The van der Waals surface area contributed by atoms with E-state index in [4.69, 9.17) is 5.73 Å². The lowest BCUT2D eigenvalue weighted by atomic mass is 10.6. The Balaban J connectivity index is 2.49. The Morgan fingerprint density at radius 2 is 2.56 bits per heavy atom. The molecule has 1 unspecified atom stereocenters. The number of carbonyl (C=O) groups excluding carboxylic acids is 1. The third-order valence-corrected chi connectivity index (χ3v) is 3.36. The van der Waals surface area contributed by atoms with Crippen LogP contribution >= 0.6 is 21.6 Å². The lowest BCUT2D eigenvalue weighted by molar-refractivity contribution is -0.128. The molecule has 1 rings (SSSR count). The van der Waals surface area contributed by atoms with Crippen molar-refractivity contribution in [3.63, 3.8) is 0 Å². The lowest BCUT2D eigenvalue weighted by Crippen LogP contribution is -2.37. The minimum Gasteiger partial charge on any atom is -0.307 e. The molecule has 0 aromatic carbocycles. The monoisotopic (exact) mass is 164 g/mol. The van der Waals surface area contributed by atoms with Crippen molar-refractivity contribution in [2.24, 2.45) is 5.73 Å². The van der Waals surface area contributed by atoms with Crippen LogP contribution in [0.5, 0.6) is 0 Å². The maximum absolute atomic E-state index is 10.7. The number of nitrogens with two attached hydrogens (primary N) is 1. The van der Waals surface area contributed by atoms with E-state index in [2.05, 4.69) is 0 Å². The van der Waals surface area contributed by atoms with Crippen molar-refractivity contribution >= 4 is 27.5 Å². The molecule has 52 valence electrons. The molecule has 1 heterocycles. The summed E-state index contributed by atoms with van der Waals surface area (Å²) in [7, 11) is 3.15. The molecule has 0 saturated carbocycles. The van der Waals surface area contributed by atoms with Gasteiger partial charge in [0.2, 0.25) is 5.91 Å². The van der Waals surface area contributed by atoms with Gasteiger partial charge in [0.1, 0.15) is 5.50 Å². The van der Waals surface area contributed by atoms with Gasteiger partial charge in [0.15, 0.2) is 0 Å². The second kappa shape index (κ2) is 2.81. The van der Waals surface area contributed by atoms with Crippen LogP contribution in [0.3, 0.4) is 0 Å². The van der Waals surface area contributed by atoms with E-state index in [0.29, 0.717) is 0 Å². The highest BCUT2D eigenvalue weighted by Crippen LogP contribution is 2.34. The number of carbonyl (C=O) groups is 1. The van der Waals surface area contributed by atoms with E-state index in [1.54, 1.807) is 15.7 Å². The molecule has 1 aliphatic heterocycles. The highest BCUT2D eigenvalue weighted by atomic mass is 33.1. The molecule has 0 aliphatic carbocycles. The Hall–Kier alpha value is 0.130. The van der Waals surface area contributed by atoms with Crippen LogP contribution in [0.4, 0.5) is 0 Å². The van der Waals surface area contributed by atoms with E-state index in [1.165, 1.54) is 17.7 Å². The van der Waals surface area contributed by atoms with Crippen LogP contribution in [-0.2, 0) is 4.79 Å². The van der Waals surface area contributed by atoms with Gasteiger partial charge in [-0.1, -0.05) is 21.6 Å². The first kappa shape index (κ1) is 7.24. The molecule has 1 atom stereocenters. The van der Waals surface area contributed by atoms with E-state index in [0.717, 1.165) is 5.88 Å². The zero-order valence-corrected chi connectivity index (χ0v) is 6.67. The zero-order chi connectivity index (χ0) is 6.85. The third kappa shape index (κ3) is 1.53. The highest BCUT2D eigenvalue weighted by Gasteiger charge is 2.23. The van der Waals surface area contributed by atoms with Crippen molar-refractivity contribution in [1.29, 1.82) is 0 Å². The van der Waals surface area contributed by atoms with E-state index in [1.807, 2.05) is 0 Å². The van der Waals surface area contributed by atoms with Crippen LogP contribution < -0.4 is 5.73 Å². The zero-order valence-electron chi connectivity index (χ0n) is 5.03. The fourth-order valence-corrected chi connectivity index (χ4v) is 2.88. The van der Waals surface area contributed by atoms with Gasteiger partial charge in [-0.2, -0.15) is 0 Å². The quantitative estimate of drug-likeness (QED) is 0.527. The van der Waals surface area contributed by atoms with Crippen molar-refractivity contribution in [3.8, 4) is 0 Å². The number of hydrogen-bond acceptors (Lipinski definition) is 4. The maximum atomic E-state index is 10.7. The van der Waals surface area contributed by atoms with Gasteiger partial charge in [0.25, 0.3) is 0 Å². The van der Waals surface area contributed by atoms with Crippen molar-refractivity contribution in [2.75, 3.05) is 5.88 Å². The summed E-state index contributed by atoms with van der Waals surface area (Å²) >= 11 is 0. The topological polar surface area (TPSA) is 46.3 Å². The van der Waals surface area contributed by atoms with Crippen molar-refractivity contribution in [1.82, 2.24) is 4.90 Å². The molecule has 0 aromatic heterocycles. The average Bonchev–Trinajstić information content (AvgIpc) is 2.13. The molecule has 2 N–H and O–H groups in total. The van der Waals surface area contributed by atoms with Crippen molar-refractivity contribution < 1.29 is 4.79 Å². The van der Waals surface area contributed by atoms with Gasteiger partial charge < -0.3 is 10.6 Å². The molecule has 1 aliphatic rings. The molecular formula is C4H8N2OS2. The third-order valence-electron chi connectivity index (χ3n) is 1.07. The summed E-state index contributed by atoms with van der Waals surface area (Å²) in [5.74, 6) is 0.779. The van der Waals surface area contributed by atoms with Gasteiger partial charge in [-0.05, 0) is 0 Å². The molecule has 1 fully saturated rings. The van der Waals surface area contributed by atoms with E-state index in [9.17, 15) is 4.79 Å². The Labute approximate surface area is 61.7 Å². The number of rotatable bonds is 0. The minimum atomic E-state index is -0.132. The van der Waals surface area contributed by atoms with E-state index in [-0.39, 0.29) is 11.4 Å². The Bertz CT molecular complexity index is 130. The molecule has 3 nitrogen and oxygen atoms in total. The lowest BCUT2D eigenvalue weighted by Gasteiger charge is -2.15. The van der Waals surface area contributed by atoms with Crippen LogP contribution in [0.25, 0.3) is 0 Å². The fourth-order valence-electron chi connectivity index (χ4n) is 0.552. The fraction of sp³-hybridized carbons (Fsp3) is 0.750. The molecule has 1 saturated heterocycles. The van der Waals surface area contributed by atoms with E-state index < -0.39 is 0 Å². The van der Waals surface area contributed by atoms with Crippen LogP contribution in [0.1, 0.15) is 6.92 Å². The predicted octanol–water partition coefficient (Wildman–Crippen LogP) is 0.430. The van der Waals surface area contributed by atoms with Crippen LogP contribution in [-0.4, -0.2) is 22.2 Å². The molecule has 0 bridgehead atoms. The summed E-state index contributed by atoms with van der Waals surface area (Å²) in [6.45, 7) is 1.53. The summed E-state index contributed by atoms with van der Waals surface area (Å²) in [6, 6.07) is 0. The summed E-state index contributed by atoms with van der Waals surface area (Å²) in [6.07, 6.45) is 0. The van der Waals surface area contributed by atoms with Crippen LogP contribution in [0.15, 0.2) is 0 Å². The molecule has 9 heavy (non-hydrogen) atoms. The van der Waals surface area contributed by atoms with Gasteiger partial charge in [0, 0.05) is 6.92 Å². The Morgan fingerprint density at radius 3 is 2.78 bits per heavy atom. The standard InChI is InChI=1S/C4H8N2OS2/c1-3(7)6-2-8-9-4(6)5/h4H,2,5H2,1H3. The Morgan fingerprint density at radius 1 is 1.89 bits per heavy atom. The summed E-state index contributed by atoms with van der Waals surface area (Å²) < 4.78 is 0. The van der Waals surface area contributed by atoms with Gasteiger partial charge in [-0.15, -0.1) is 0 Å². The van der Waals surface area contributed by atoms with Crippen LogP contribution in [0.2, 0.25) is 0 Å². The number of amides is 1. The van der Waals surface area contributed by atoms with Gasteiger partial charge in [0.05, 0.1) is 5.88 Å². The SMILES string of the molecule is CC(=O)N1CSSC1N. The molecular weight excluding hydrogens is 156 g/mol. The normalized spacial score (nSPS) is 26.9. The average molecular weight is 164 g/mol. The molecule has 1 amide bonds. The largest absolute Gasteiger partial charge is 0.307 e. The van der Waals surface area contributed by atoms with Crippen molar-refractivity contribution in [2.45, 2.75) is 12.4 Å². The van der Waals surface area contributed by atoms with Crippen LogP contribution in [0, 0.1) is 0 Å². The first-order valence-electron chi connectivity index (χ1n) is 2.53. The first-order chi connectivity index (χ1) is 4.22. The summed E-state index contributed by atoms with van der Waals surface area (Å²) in [5, 5.41) is 0. The second-order valence-electron chi connectivity index (χ2n) is 1.72. The molecule has 0 aromatic rings. The summed E-state index contributed by atoms with van der Waals surface area (Å²) in [5.41, 5.74) is 5.40. The number of nitrogens with zero attached hydrogens (tertiary/aromatic N) is 1. The van der Waals surface area contributed by atoms with Gasteiger partial charge in [-0.25, -0.2) is 0 Å². The smallest absolute Gasteiger partial charge is 0.222 e. The minimum absolute atomic E-state index is 0.0556. The maximum Gasteiger partial charge on any atom is 0.222 e.